The molecule has 98 valence electrons. The van der Waals surface area contributed by atoms with Gasteiger partial charge in [0, 0.05) is 17.6 Å². The van der Waals surface area contributed by atoms with Gasteiger partial charge in [0.2, 0.25) is 12.2 Å². The lowest BCUT2D eigenvalue weighted by Crippen LogP contribution is -2.23. The van der Waals surface area contributed by atoms with Crippen LogP contribution in [0.1, 0.15) is 16.8 Å². The number of nitrogens with zero attached hydrogens (tertiary/aromatic N) is 2. The van der Waals surface area contributed by atoms with E-state index in [4.69, 9.17) is 0 Å². The SMILES string of the molecule is O=C=NC1(N=C=O)C=CC(C(=O)c2ccccc2)=CC1. The van der Waals surface area contributed by atoms with Gasteiger partial charge >= 0.3 is 0 Å². The van der Waals surface area contributed by atoms with Crippen LogP contribution in [-0.2, 0) is 9.59 Å². The molecule has 1 aromatic rings. The number of Topliss-reactive ketones (excluding diaryl/α,β-unsaturated/α-hetero) is 1. The van der Waals surface area contributed by atoms with Gasteiger partial charge in [-0.15, -0.1) is 0 Å². The van der Waals surface area contributed by atoms with Gasteiger partial charge in [0.25, 0.3) is 0 Å². The van der Waals surface area contributed by atoms with Crippen LogP contribution in [0, 0.1) is 0 Å². The lowest BCUT2D eigenvalue weighted by molar-refractivity contribution is 0.103. The Hall–Kier alpha value is -2.87. The lowest BCUT2D eigenvalue weighted by Gasteiger charge is -2.19. The van der Waals surface area contributed by atoms with Gasteiger partial charge in [0.1, 0.15) is 0 Å². The Balaban J connectivity index is 2.26. The molecule has 0 N–H and O–H groups in total. The molecule has 0 fully saturated rings. The van der Waals surface area contributed by atoms with Crippen LogP contribution in [0.4, 0.5) is 0 Å². The first-order chi connectivity index (χ1) is 9.71. The van der Waals surface area contributed by atoms with E-state index < -0.39 is 5.66 Å². The van der Waals surface area contributed by atoms with Gasteiger partial charge in [-0.2, -0.15) is 9.98 Å². The fourth-order valence-corrected chi connectivity index (χ4v) is 1.89. The Morgan fingerprint density at radius 1 is 1.10 bits per heavy atom. The molecular formula is C15H10N2O3. The third-order valence-corrected chi connectivity index (χ3v) is 2.93. The van der Waals surface area contributed by atoms with Gasteiger partial charge in [0.15, 0.2) is 11.4 Å². The summed E-state index contributed by atoms with van der Waals surface area (Å²) in [5, 5.41) is 0. The molecular weight excluding hydrogens is 256 g/mol. The van der Waals surface area contributed by atoms with Crippen LogP contribution >= 0.6 is 0 Å². The summed E-state index contributed by atoms with van der Waals surface area (Å²) in [6.07, 6.45) is 7.42. The van der Waals surface area contributed by atoms with E-state index in [0.717, 1.165) is 0 Å². The quantitative estimate of drug-likeness (QED) is 0.476. The van der Waals surface area contributed by atoms with Gasteiger partial charge in [-0.25, -0.2) is 9.59 Å². The van der Waals surface area contributed by atoms with Crippen molar-refractivity contribution in [2.24, 2.45) is 9.98 Å². The summed E-state index contributed by atoms with van der Waals surface area (Å²) in [4.78, 5) is 40.0. The zero-order valence-electron chi connectivity index (χ0n) is 10.4. The van der Waals surface area contributed by atoms with Crippen LogP contribution in [0.5, 0.6) is 0 Å². The van der Waals surface area contributed by atoms with E-state index in [0.29, 0.717) is 11.1 Å². The summed E-state index contributed by atoms with van der Waals surface area (Å²) in [6, 6.07) is 8.80. The van der Waals surface area contributed by atoms with Crippen molar-refractivity contribution < 1.29 is 14.4 Å². The highest BCUT2D eigenvalue weighted by atomic mass is 16.1. The van der Waals surface area contributed by atoms with E-state index in [1.165, 1.54) is 24.3 Å². The van der Waals surface area contributed by atoms with Crippen LogP contribution in [-0.4, -0.2) is 23.6 Å². The third-order valence-electron chi connectivity index (χ3n) is 2.93. The molecule has 0 aliphatic heterocycles. The maximum absolute atomic E-state index is 12.2. The first-order valence-electron chi connectivity index (χ1n) is 5.88. The molecule has 0 bridgehead atoms. The first-order valence-corrected chi connectivity index (χ1v) is 5.88. The van der Waals surface area contributed by atoms with E-state index in [1.54, 1.807) is 30.3 Å². The standard InChI is InChI=1S/C15H10N2O3/c18-10-16-15(17-11-19)8-6-13(7-9-15)14(20)12-4-2-1-3-5-12/h1-8H,9H2. The molecule has 5 nitrogen and oxygen atoms in total. The second kappa shape index (κ2) is 5.85. The average molecular weight is 266 g/mol. The smallest absolute Gasteiger partial charge is 0.237 e. The van der Waals surface area contributed by atoms with E-state index in [1.807, 2.05) is 6.07 Å². The summed E-state index contributed by atoms with van der Waals surface area (Å²) < 4.78 is 0. The van der Waals surface area contributed by atoms with E-state index in [9.17, 15) is 14.4 Å². The van der Waals surface area contributed by atoms with Gasteiger partial charge in [-0.3, -0.25) is 4.79 Å². The number of isocyanates is 2. The van der Waals surface area contributed by atoms with Crippen molar-refractivity contribution in [2.75, 3.05) is 0 Å². The Bertz CT molecular complexity index is 658. The maximum Gasteiger partial charge on any atom is 0.237 e. The number of allylic oxidation sites excluding steroid dienone is 2. The van der Waals surface area contributed by atoms with Crippen LogP contribution < -0.4 is 0 Å². The molecule has 0 spiro atoms. The minimum Gasteiger partial charge on any atom is -0.289 e. The zero-order valence-corrected chi connectivity index (χ0v) is 10.4. The molecule has 20 heavy (non-hydrogen) atoms. The summed E-state index contributed by atoms with van der Waals surface area (Å²) in [5.41, 5.74) is -0.285. The summed E-state index contributed by atoms with van der Waals surface area (Å²) >= 11 is 0. The van der Waals surface area contributed by atoms with Crippen molar-refractivity contribution in [3.63, 3.8) is 0 Å². The number of ketones is 1. The second-order valence-electron chi connectivity index (χ2n) is 4.18. The van der Waals surface area contributed by atoms with Gasteiger partial charge in [-0.05, 0) is 6.08 Å². The predicted octanol–water partition coefficient (Wildman–Crippen LogP) is 2.12. The highest BCUT2D eigenvalue weighted by molar-refractivity contribution is 6.10. The molecule has 0 radical (unpaired) electrons. The molecule has 0 saturated heterocycles. The van der Waals surface area contributed by atoms with Gasteiger partial charge < -0.3 is 0 Å². The van der Waals surface area contributed by atoms with Crippen LogP contribution in [0.3, 0.4) is 0 Å². The zero-order chi connectivity index (χ0) is 14.4. The number of carbonyl (C=O) groups excluding carboxylic acids is 3. The molecule has 0 amide bonds. The topological polar surface area (TPSA) is 75.9 Å². The van der Waals surface area contributed by atoms with Crippen LogP contribution in [0.25, 0.3) is 0 Å². The van der Waals surface area contributed by atoms with E-state index >= 15 is 0 Å². The van der Waals surface area contributed by atoms with Crippen molar-refractivity contribution >= 4 is 17.9 Å². The number of hydrogen-bond donors (Lipinski definition) is 0. The Morgan fingerprint density at radius 3 is 2.25 bits per heavy atom. The normalized spacial score (nSPS) is 20.3. The fourth-order valence-electron chi connectivity index (χ4n) is 1.89. The number of hydrogen-bond acceptors (Lipinski definition) is 5. The Morgan fingerprint density at radius 2 is 1.75 bits per heavy atom. The van der Waals surface area contributed by atoms with Crippen LogP contribution in [0.15, 0.2) is 64.1 Å². The maximum atomic E-state index is 12.2. The molecule has 0 unspecified atom stereocenters. The van der Waals surface area contributed by atoms with Gasteiger partial charge in [-0.1, -0.05) is 42.5 Å². The summed E-state index contributed by atoms with van der Waals surface area (Å²) in [5.74, 6) is -0.138. The molecule has 1 aliphatic rings. The Labute approximate surface area is 115 Å². The molecule has 0 saturated carbocycles. The molecule has 0 heterocycles. The van der Waals surface area contributed by atoms with E-state index in [-0.39, 0.29) is 12.2 Å². The number of aliphatic imine (C=N–C) groups is 2. The summed E-state index contributed by atoms with van der Waals surface area (Å²) in [6.45, 7) is 0. The fraction of sp³-hybridized carbons (Fsp3) is 0.133. The molecule has 0 aromatic heterocycles. The van der Waals surface area contributed by atoms with Crippen LogP contribution in [0.2, 0.25) is 0 Å². The Kier molecular flexibility index (Phi) is 3.96. The van der Waals surface area contributed by atoms with Gasteiger partial charge in [0.05, 0.1) is 0 Å². The number of rotatable bonds is 4. The van der Waals surface area contributed by atoms with E-state index in [2.05, 4.69) is 9.98 Å². The molecule has 5 heteroatoms. The predicted molar refractivity (Wildman–Crippen MR) is 71.6 cm³/mol. The van der Waals surface area contributed by atoms with Crippen molar-refractivity contribution in [3.05, 3.63) is 59.7 Å². The molecule has 2 rings (SSSR count). The highest BCUT2D eigenvalue weighted by Gasteiger charge is 2.28. The van der Waals surface area contributed by atoms with Crippen molar-refractivity contribution in [1.82, 2.24) is 0 Å². The minimum atomic E-state index is -1.32. The molecule has 0 atom stereocenters. The molecule has 1 aliphatic carbocycles. The largest absolute Gasteiger partial charge is 0.289 e. The number of benzene rings is 1. The third kappa shape index (κ3) is 2.75. The second-order valence-corrected chi connectivity index (χ2v) is 4.18. The lowest BCUT2D eigenvalue weighted by atomic mass is 9.93. The van der Waals surface area contributed by atoms with Crippen molar-refractivity contribution in [3.8, 4) is 0 Å². The van der Waals surface area contributed by atoms with Crippen molar-refractivity contribution in [2.45, 2.75) is 12.1 Å². The first kappa shape index (κ1) is 13.6. The van der Waals surface area contributed by atoms with Crippen molar-refractivity contribution in [1.29, 1.82) is 0 Å². The molecule has 1 aromatic carbocycles. The minimum absolute atomic E-state index is 0.138. The average Bonchev–Trinajstić information content (AvgIpc) is 2.49. The highest BCUT2D eigenvalue weighted by Crippen LogP contribution is 2.27. The monoisotopic (exact) mass is 266 g/mol. The number of carbonyl (C=O) groups is 1. The summed E-state index contributed by atoms with van der Waals surface area (Å²) in [7, 11) is 0.